The molecular formula is C27H76BO. The van der Waals surface area contributed by atoms with E-state index in [0.717, 1.165) is 12.5 Å². The van der Waals surface area contributed by atoms with Crippen LogP contribution in [0.15, 0.2) is 0 Å². The fourth-order valence-electron chi connectivity index (χ4n) is 2.15. The van der Waals surface area contributed by atoms with Gasteiger partial charge in [-0.15, -0.1) is 0 Å². The van der Waals surface area contributed by atoms with E-state index in [4.69, 9.17) is 4.74 Å². The lowest BCUT2D eigenvalue weighted by Gasteiger charge is -2.21. The van der Waals surface area contributed by atoms with Crippen molar-refractivity contribution in [3.63, 3.8) is 0 Å². The minimum absolute atomic E-state index is 0. The second kappa shape index (κ2) is 90.7. The van der Waals surface area contributed by atoms with Crippen LogP contribution in [0.25, 0.3) is 0 Å². The highest BCUT2D eigenvalue weighted by molar-refractivity contribution is 5.75. The molecule has 2 heteroatoms. The molecule has 0 heterocycles. The molecule has 0 amide bonds. The molecule has 0 N–H and O–H groups in total. The highest BCUT2D eigenvalue weighted by Crippen LogP contribution is 2.43. The maximum absolute atomic E-state index is 5.16. The summed E-state index contributed by atoms with van der Waals surface area (Å²) in [5.41, 5.74) is 0.628. The lowest BCUT2D eigenvalue weighted by atomic mass is 9.85. The minimum atomic E-state index is 0. The molecule has 0 aromatic heterocycles. The first-order valence-corrected chi connectivity index (χ1v) is 11.7. The van der Waals surface area contributed by atoms with Gasteiger partial charge in [0, 0.05) is 23.6 Å². The van der Waals surface area contributed by atoms with E-state index in [1.165, 1.54) is 25.7 Å². The molecule has 0 aliphatic heterocycles. The van der Waals surface area contributed by atoms with Gasteiger partial charge in [-0.3, -0.25) is 0 Å². The molecular weight excluding hydrogens is 351 g/mol. The van der Waals surface area contributed by atoms with Gasteiger partial charge >= 0.3 is 0 Å². The third kappa shape index (κ3) is 65.5. The van der Waals surface area contributed by atoms with Crippen molar-refractivity contribution in [2.75, 3.05) is 13.7 Å². The zero-order chi connectivity index (χ0) is 22.3. The molecule has 0 bridgehead atoms. The summed E-state index contributed by atoms with van der Waals surface area (Å²) < 4.78 is 5.16. The Bertz CT molecular complexity index is 136. The van der Waals surface area contributed by atoms with Crippen molar-refractivity contribution < 1.29 is 6.16 Å². The Morgan fingerprint density at radius 3 is 1.17 bits per heavy atom. The van der Waals surface area contributed by atoms with Crippen LogP contribution in [0.2, 0.25) is 0 Å². The first-order chi connectivity index (χ1) is 12.2. The van der Waals surface area contributed by atoms with Gasteiger partial charge in [-0.2, -0.15) is 0 Å². The zero-order valence-electron chi connectivity index (χ0n) is 22.6. The van der Waals surface area contributed by atoms with Gasteiger partial charge in [0.25, 0.3) is 0 Å². The largest absolute Gasteiger partial charge is 0.384 e. The summed E-state index contributed by atoms with van der Waals surface area (Å²) in [7, 11) is 1.81. The Kier molecular flexibility index (Phi) is 219. The summed E-state index contributed by atoms with van der Waals surface area (Å²) in [6, 6.07) is 0. The van der Waals surface area contributed by atoms with E-state index in [1.807, 2.05) is 104 Å². The Morgan fingerprint density at radius 2 is 1.00 bits per heavy atom. The third-order valence-electron chi connectivity index (χ3n) is 3.19. The maximum atomic E-state index is 5.16. The average Bonchev–Trinajstić information content (AvgIpc) is 3.14. The molecule has 1 nitrogen and oxygen atoms in total. The van der Waals surface area contributed by atoms with Crippen LogP contribution in [-0.4, -0.2) is 22.1 Å². The second-order valence-corrected chi connectivity index (χ2v) is 4.23. The molecule has 3 radical (unpaired) electrons. The van der Waals surface area contributed by atoms with E-state index in [-0.39, 0.29) is 32.1 Å². The van der Waals surface area contributed by atoms with Crippen LogP contribution >= 0.6 is 0 Å². The molecule has 193 valence electrons. The van der Waals surface area contributed by atoms with Gasteiger partial charge in [0.15, 0.2) is 0 Å². The smallest absolute Gasteiger partial charge is 0.0490 e. The summed E-state index contributed by atoms with van der Waals surface area (Å²) in [6.07, 6.45) is 5.47. The van der Waals surface area contributed by atoms with Crippen molar-refractivity contribution in [3.8, 4) is 0 Å². The molecule has 1 saturated carbocycles. The number of ether oxygens (including phenoxy) is 1. The zero-order valence-corrected chi connectivity index (χ0v) is 22.6. The fourth-order valence-corrected chi connectivity index (χ4v) is 2.15. The Morgan fingerprint density at radius 1 is 0.724 bits per heavy atom. The first-order valence-electron chi connectivity index (χ1n) is 11.7. The number of hydrogen-bond donors (Lipinski definition) is 0. The van der Waals surface area contributed by atoms with E-state index in [2.05, 4.69) is 13.8 Å². The van der Waals surface area contributed by atoms with Crippen LogP contribution in [-0.2, 0) is 4.74 Å². The Balaban J connectivity index is -0.0000000149. The normalized spacial score (nSPS) is 15.8. The van der Waals surface area contributed by atoms with Crippen LogP contribution < -0.4 is 0 Å². The van der Waals surface area contributed by atoms with Crippen molar-refractivity contribution in [3.05, 3.63) is 0 Å². The highest BCUT2D eigenvalue weighted by atomic mass is 16.5. The van der Waals surface area contributed by atoms with E-state index >= 15 is 0 Å². The van der Waals surface area contributed by atoms with Crippen molar-refractivity contribution in [2.45, 2.75) is 159 Å². The van der Waals surface area contributed by atoms with Crippen molar-refractivity contribution in [1.29, 1.82) is 0 Å². The van der Waals surface area contributed by atoms with Gasteiger partial charge in [0.05, 0.1) is 0 Å². The molecule has 1 aliphatic rings. The highest BCUT2D eigenvalue weighted by Gasteiger charge is 2.32. The fraction of sp³-hybridized carbons (Fsp3) is 1.00. The predicted molar refractivity (Wildman–Crippen MR) is 155 cm³/mol. The van der Waals surface area contributed by atoms with E-state index < -0.39 is 0 Å². The van der Waals surface area contributed by atoms with E-state index in [0.29, 0.717) is 5.41 Å². The Hall–Kier alpha value is 0.0249. The number of methoxy groups -OCH3 is 1. The van der Waals surface area contributed by atoms with E-state index in [1.54, 1.807) is 0 Å². The maximum Gasteiger partial charge on any atom is 0.0490 e. The Labute approximate surface area is 198 Å². The van der Waals surface area contributed by atoms with Gasteiger partial charge < -0.3 is 4.74 Å². The summed E-state index contributed by atoms with van der Waals surface area (Å²) in [4.78, 5) is 0. The van der Waals surface area contributed by atoms with Gasteiger partial charge in [-0.05, 0) is 30.6 Å². The van der Waals surface area contributed by atoms with E-state index in [9.17, 15) is 0 Å². The molecule has 29 heavy (non-hydrogen) atoms. The van der Waals surface area contributed by atoms with Crippen molar-refractivity contribution >= 4 is 8.41 Å². The minimum Gasteiger partial charge on any atom is -0.384 e. The van der Waals surface area contributed by atoms with Crippen LogP contribution in [0.4, 0.5) is 0 Å². The molecule has 0 aromatic carbocycles. The lowest BCUT2D eigenvalue weighted by molar-refractivity contribution is 0.147. The molecule has 0 saturated heterocycles. The molecule has 0 aromatic rings. The summed E-state index contributed by atoms with van der Waals surface area (Å²) in [5.74, 6) is 0.838. The van der Waals surface area contributed by atoms with Gasteiger partial charge in [0.2, 0.25) is 0 Å². The monoisotopic (exact) mass is 429 g/mol. The third-order valence-corrected chi connectivity index (χ3v) is 3.19. The summed E-state index contributed by atoms with van der Waals surface area (Å²) in [5, 5.41) is 0. The number of hydrogen-bond acceptors (Lipinski definition) is 1. The molecule has 1 fully saturated rings. The molecule has 2 atom stereocenters. The first kappa shape index (κ1) is 70.2. The van der Waals surface area contributed by atoms with Crippen LogP contribution in [0.3, 0.4) is 0 Å². The standard InChI is InChI=1S/C10H20O.7C2H6.3CH4.B.H2/c1-4-10(2)6-5-9(7-10)8-11-3;7*1-2;;;;;/h9H,4-8H2,1-3H3;7*1-2H3;3*1H4;;1H/i;;;;;;;;;;;;1+1. The topological polar surface area (TPSA) is 9.23 Å². The lowest BCUT2D eigenvalue weighted by Crippen LogP contribution is -2.11. The van der Waals surface area contributed by atoms with Crippen LogP contribution in [0, 0.1) is 11.3 Å². The average molecular weight is 429 g/mol. The van der Waals surface area contributed by atoms with Gasteiger partial charge in [-0.1, -0.05) is 139 Å². The van der Waals surface area contributed by atoms with Crippen LogP contribution in [0.1, 0.15) is 160 Å². The summed E-state index contributed by atoms with van der Waals surface area (Å²) >= 11 is 0. The molecule has 1 rings (SSSR count). The quantitative estimate of drug-likeness (QED) is 0.406. The second-order valence-electron chi connectivity index (χ2n) is 4.23. The van der Waals surface area contributed by atoms with Gasteiger partial charge in [0.1, 0.15) is 0 Å². The predicted octanol–water partition coefficient (Wildman–Crippen LogP) is 11.8. The SMILES string of the molecule is C.C.C.CC.CC.CC.CC.CC.CC.CC.CCC1(C)CCC(COC)C1.[2HH].[B]. The molecule has 2 unspecified atom stereocenters. The molecule has 0 spiro atoms. The van der Waals surface area contributed by atoms with Crippen molar-refractivity contribution in [2.24, 2.45) is 11.3 Å². The van der Waals surface area contributed by atoms with Crippen LogP contribution in [0.5, 0.6) is 0 Å². The van der Waals surface area contributed by atoms with Gasteiger partial charge in [-0.25, -0.2) is 0 Å². The summed E-state index contributed by atoms with van der Waals surface area (Å²) in [6.45, 7) is 33.7. The number of rotatable bonds is 3. The van der Waals surface area contributed by atoms with Crippen molar-refractivity contribution in [1.82, 2.24) is 0 Å². The molecule has 1 aliphatic carbocycles.